The molecule has 0 bridgehead atoms. The first-order chi connectivity index (χ1) is 9.08. The van der Waals surface area contributed by atoms with E-state index < -0.39 is 0 Å². The first kappa shape index (κ1) is 12.7. The summed E-state index contributed by atoms with van der Waals surface area (Å²) in [4.78, 5) is 11.6. The Bertz CT molecular complexity index is 811. The molecular weight excluding hydrogens is 377 g/mol. The second-order valence-electron chi connectivity index (χ2n) is 4.18. The van der Waals surface area contributed by atoms with Gasteiger partial charge >= 0.3 is 0 Å². The summed E-state index contributed by atoms with van der Waals surface area (Å²) in [5.41, 5.74) is 1.55. The molecule has 0 saturated carbocycles. The molecule has 0 aliphatic rings. The van der Waals surface area contributed by atoms with E-state index >= 15 is 0 Å². The minimum Gasteiger partial charge on any atom is -0.315 e. The molecule has 96 valence electrons. The summed E-state index contributed by atoms with van der Waals surface area (Å²) in [7, 11) is 1.67. The highest BCUT2D eigenvalue weighted by atomic mass is 127. The van der Waals surface area contributed by atoms with Gasteiger partial charge in [-0.25, -0.2) is 4.68 Å². The molecule has 0 saturated heterocycles. The smallest absolute Gasteiger partial charge is 0.269 e. The molecule has 0 aliphatic heterocycles. The number of halogens is 2. The molecule has 6 heteroatoms. The first-order valence-electron chi connectivity index (χ1n) is 5.58. The summed E-state index contributed by atoms with van der Waals surface area (Å²) < 4.78 is 4.17. The van der Waals surface area contributed by atoms with Gasteiger partial charge in [-0.3, -0.25) is 4.79 Å². The number of aromatic nitrogens is 3. The number of fused-ring (bicyclic) bond motifs is 1. The lowest BCUT2D eigenvalue weighted by Gasteiger charge is -2.06. The van der Waals surface area contributed by atoms with Crippen molar-refractivity contribution >= 4 is 45.1 Å². The van der Waals surface area contributed by atoms with Gasteiger partial charge in [0.05, 0.1) is 11.2 Å². The number of benzene rings is 1. The average molecular weight is 386 g/mol. The van der Waals surface area contributed by atoms with Crippen molar-refractivity contribution < 1.29 is 0 Å². The van der Waals surface area contributed by atoms with Gasteiger partial charge in [0.15, 0.2) is 0 Å². The molecular formula is C13H9ClIN3O. The standard InChI is InChI=1S/C13H9ClIN3O/c1-17-7-8(6-10(14)13(17)19)18-11-5-3-2-4-9(11)12(15)16-18/h2-7H,1H3. The van der Waals surface area contributed by atoms with Gasteiger partial charge < -0.3 is 4.57 Å². The van der Waals surface area contributed by atoms with Gasteiger partial charge in [0.25, 0.3) is 5.56 Å². The van der Waals surface area contributed by atoms with Gasteiger partial charge in [-0.1, -0.05) is 29.8 Å². The third-order valence-corrected chi connectivity index (χ3v) is 3.98. The Balaban J connectivity index is 2.34. The molecule has 19 heavy (non-hydrogen) atoms. The van der Waals surface area contributed by atoms with E-state index in [2.05, 4.69) is 27.7 Å². The summed E-state index contributed by atoms with van der Waals surface area (Å²) in [5.74, 6) is 0. The van der Waals surface area contributed by atoms with Crippen LogP contribution in [0.1, 0.15) is 0 Å². The third kappa shape index (κ3) is 2.06. The largest absolute Gasteiger partial charge is 0.315 e. The Morgan fingerprint density at radius 3 is 2.79 bits per heavy atom. The topological polar surface area (TPSA) is 39.8 Å². The van der Waals surface area contributed by atoms with Crippen LogP contribution in [0.15, 0.2) is 41.3 Å². The molecule has 3 aromatic rings. The molecule has 1 aromatic carbocycles. The van der Waals surface area contributed by atoms with Crippen LogP contribution in [0.2, 0.25) is 5.02 Å². The van der Waals surface area contributed by atoms with Crippen LogP contribution in [0.4, 0.5) is 0 Å². The van der Waals surface area contributed by atoms with E-state index in [0.29, 0.717) is 0 Å². The number of hydrogen-bond donors (Lipinski definition) is 0. The van der Waals surface area contributed by atoms with Crippen LogP contribution < -0.4 is 5.56 Å². The average Bonchev–Trinajstić information content (AvgIpc) is 2.74. The van der Waals surface area contributed by atoms with Gasteiger partial charge in [0.1, 0.15) is 8.72 Å². The van der Waals surface area contributed by atoms with Crippen molar-refractivity contribution in [1.82, 2.24) is 14.3 Å². The van der Waals surface area contributed by atoms with Crippen molar-refractivity contribution in [3.63, 3.8) is 0 Å². The normalized spacial score (nSPS) is 11.1. The number of hydrogen-bond acceptors (Lipinski definition) is 2. The van der Waals surface area contributed by atoms with Crippen molar-refractivity contribution in [3.8, 4) is 5.69 Å². The van der Waals surface area contributed by atoms with E-state index in [-0.39, 0.29) is 10.6 Å². The summed E-state index contributed by atoms with van der Waals surface area (Å²) in [6.45, 7) is 0. The van der Waals surface area contributed by atoms with Crippen LogP contribution >= 0.6 is 34.2 Å². The molecule has 0 N–H and O–H groups in total. The molecule has 0 amide bonds. The maximum atomic E-state index is 11.6. The number of pyridine rings is 1. The monoisotopic (exact) mass is 385 g/mol. The number of nitrogens with zero attached hydrogens (tertiary/aromatic N) is 3. The summed E-state index contributed by atoms with van der Waals surface area (Å²) in [6, 6.07) is 9.58. The summed E-state index contributed by atoms with van der Waals surface area (Å²) >= 11 is 8.15. The Kier molecular flexibility index (Phi) is 3.10. The molecule has 3 rings (SSSR count). The van der Waals surface area contributed by atoms with Crippen molar-refractivity contribution in [2.75, 3.05) is 0 Å². The fourth-order valence-electron chi connectivity index (χ4n) is 2.00. The molecule has 4 nitrogen and oxygen atoms in total. The Morgan fingerprint density at radius 2 is 2.05 bits per heavy atom. The van der Waals surface area contributed by atoms with Crippen LogP contribution in [0, 0.1) is 3.70 Å². The second kappa shape index (κ2) is 4.64. The molecule has 2 heterocycles. The maximum Gasteiger partial charge on any atom is 0.269 e. The second-order valence-corrected chi connectivity index (χ2v) is 5.61. The van der Waals surface area contributed by atoms with Crippen LogP contribution in [-0.2, 0) is 7.05 Å². The highest BCUT2D eigenvalue weighted by Gasteiger charge is 2.11. The number of rotatable bonds is 1. The van der Waals surface area contributed by atoms with Gasteiger partial charge in [-0.05, 0) is 34.7 Å². The van der Waals surface area contributed by atoms with E-state index in [0.717, 1.165) is 20.3 Å². The van der Waals surface area contributed by atoms with E-state index in [4.69, 9.17) is 11.6 Å². The predicted molar refractivity (Wildman–Crippen MR) is 84.0 cm³/mol. The maximum absolute atomic E-state index is 11.6. The molecule has 0 radical (unpaired) electrons. The van der Waals surface area contributed by atoms with Crippen LogP contribution in [-0.4, -0.2) is 14.3 Å². The minimum absolute atomic E-state index is 0.189. The fourth-order valence-corrected chi connectivity index (χ4v) is 2.91. The van der Waals surface area contributed by atoms with E-state index in [1.807, 2.05) is 24.3 Å². The van der Waals surface area contributed by atoms with E-state index in [9.17, 15) is 4.79 Å². The van der Waals surface area contributed by atoms with Crippen LogP contribution in [0.25, 0.3) is 16.6 Å². The lowest BCUT2D eigenvalue weighted by molar-refractivity contribution is 0.819. The molecule has 0 unspecified atom stereocenters. The van der Waals surface area contributed by atoms with Gasteiger partial charge in [-0.2, -0.15) is 5.10 Å². The van der Waals surface area contributed by atoms with E-state index in [1.165, 1.54) is 4.57 Å². The first-order valence-corrected chi connectivity index (χ1v) is 7.03. The SMILES string of the molecule is Cn1cc(-n2nc(I)c3ccccc32)cc(Cl)c1=O. The Morgan fingerprint density at radius 1 is 1.32 bits per heavy atom. The molecule has 2 aromatic heterocycles. The fraction of sp³-hybridized carbons (Fsp3) is 0.0769. The van der Waals surface area contributed by atoms with Crippen LogP contribution in [0.3, 0.4) is 0 Å². The van der Waals surface area contributed by atoms with E-state index in [1.54, 1.807) is 24.0 Å². The quantitative estimate of drug-likeness (QED) is 0.604. The molecule has 0 fully saturated rings. The highest BCUT2D eigenvalue weighted by molar-refractivity contribution is 14.1. The predicted octanol–water partition coefficient (Wildman–Crippen LogP) is 2.98. The number of aryl methyl sites for hydroxylation is 1. The van der Waals surface area contributed by atoms with Crippen molar-refractivity contribution in [1.29, 1.82) is 0 Å². The molecule has 0 spiro atoms. The summed E-state index contributed by atoms with van der Waals surface area (Å²) in [5, 5.41) is 5.77. The van der Waals surface area contributed by atoms with Gasteiger partial charge in [-0.15, -0.1) is 0 Å². The van der Waals surface area contributed by atoms with Crippen molar-refractivity contribution in [2.45, 2.75) is 0 Å². The zero-order valence-electron chi connectivity index (χ0n) is 9.97. The summed E-state index contributed by atoms with van der Waals surface area (Å²) in [6.07, 6.45) is 1.73. The lowest BCUT2D eigenvalue weighted by Crippen LogP contribution is -2.17. The van der Waals surface area contributed by atoms with Gasteiger partial charge in [0, 0.05) is 18.6 Å². The molecule has 0 aliphatic carbocycles. The third-order valence-electron chi connectivity index (χ3n) is 2.91. The van der Waals surface area contributed by atoms with Crippen molar-refractivity contribution in [2.24, 2.45) is 7.05 Å². The zero-order chi connectivity index (χ0) is 13.6. The highest BCUT2D eigenvalue weighted by Crippen LogP contribution is 2.23. The molecule has 0 atom stereocenters. The number of para-hydroxylation sites is 1. The Labute approximate surface area is 127 Å². The Hall–Kier alpha value is -1.34. The van der Waals surface area contributed by atoms with Crippen LogP contribution in [0.5, 0.6) is 0 Å². The van der Waals surface area contributed by atoms with Crippen molar-refractivity contribution in [3.05, 3.63) is 55.6 Å². The van der Waals surface area contributed by atoms with Gasteiger partial charge in [0.2, 0.25) is 0 Å². The lowest BCUT2D eigenvalue weighted by atomic mass is 10.2. The zero-order valence-corrected chi connectivity index (χ0v) is 12.9. The minimum atomic E-state index is -0.212.